The van der Waals surface area contributed by atoms with Gasteiger partial charge >= 0.3 is 0 Å². The van der Waals surface area contributed by atoms with Crippen molar-refractivity contribution in [3.63, 3.8) is 0 Å². The number of benzene rings is 1. The van der Waals surface area contributed by atoms with Gasteiger partial charge in [0.1, 0.15) is 5.82 Å². The molecular formula is C19H25N5O2. The van der Waals surface area contributed by atoms with Crippen LogP contribution in [-0.2, 0) is 31.2 Å². The van der Waals surface area contributed by atoms with Crippen LogP contribution in [0.25, 0.3) is 11.0 Å². The number of aromatic nitrogens is 4. The third kappa shape index (κ3) is 2.77. The minimum Gasteiger partial charge on any atom is -0.351 e. The number of ether oxygens (including phenoxy) is 1. The predicted molar refractivity (Wildman–Crippen MR) is 99.9 cm³/mol. The Labute approximate surface area is 152 Å². The lowest BCUT2D eigenvalue weighted by atomic mass is 9.95. The van der Waals surface area contributed by atoms with Gasteiger partial charge in [0, 0.05) is 56.8 Å². The summed E-state index contributed by atoms with van der Waals surface area (Å²) in [4.78, 5) is 6.88. The van der Waals surface area contributed by atoms with Crippen molar-refractivity contribution in [1.29, 1.82) is 0 Å². The molecule has 2 atom stereocenters. The third-order valence-corrected chi connectivity index (χ3v) is 5.36. The molecule has 1 aliphatic rings. The van der Waals surface area contributed by atoms with E-state index in [1.165, 1.54) is 12.7 Å². The lowest BCUT2D eigenvalue weighted by Gasteiger charge is -2.39. The topological polar surface area (TPSA) is 68.3 Å². The zero-order valence-corrected chi connectivity index (χ0v) is 15.5. The van der Waals surface area contributed by atoms with E-state index in [1.807, 2.05) is 21.8 Å². The van der Waals surface area contributed by atoms with Gasteiger partial charge in [-0.1, -0.05) is 0 Å². The fraction of sp³-hybridized carbons (Fsp3) is 0.474. The van der Waals surface area contributed by atoms with Crippen LogP contribution in [-0.4, -0.2) is 44.0 Å². The van der Waals surface area contributed by atoms with Gasteiger partial charge < -0.3 is 19.3 Å². The molecule has 0 spiro atoms. The Balaban J connectivity index is 1.72. The van der Waals surface area contributed by atoms with Crippen molar-refractivity contribution in [3.8, 4) is 0 Å². The molecule has 3 aromatic rings. The summed E-state index contributed by atoms with van der Waals surface area (Å²) in [7, 11) is 3.59. The largest absolute Gasteiger partial charge is 0.351 e. The average molecular weight is 355 g/mol. The van der Waals surface area contributed by atoms with Crippen molar-refractivity contribution in [1.82, 2.24) is 19.3 Å². The molecule has 0 saturated carbocycles. The number of hydrogen-bond donors (Lipinski definition) is 1. The predicted octanol–water partition coefficient (Wildman–Crippen LogP) is 2.08. The van der Waals surface area contributed by atoms with Crippen LogP contribution in [0.5, 0.6) is 0 Å². The molecule has 3 heterocycles. The highest BCUT2D eigenvalue weighted by Crippen LogP contribution is 2.36. The number of aliphatic hydroxyl groups excluding tert-OH is 1. The number of imidazole rings is 1. The standard InChI is InChI=1S/C19H25N5O2/c1-13-5-6-14-15(24(13)19(25)26-3)7-8-16-18(14)21-17(22(16)2)9-12-23-11-4-10-20-23/h4,7-8,10-11,13,19,25H,5-6,9,12H2,1-3H3/t13-,19?/m0/s1. The van der Waals surface area contributed by atoms with E-state index in [1.54, 1.807) is 6.20 Å². The maximum atomic E-state index is 10.3. The first kappa shape index (κ1) is 17.1. The highest BCUT2D eigenvalue weighted by molar-refractivity contribution is 5.86. The van der Waals surface area contributed by atoms with Gasteiger partial charge in [-0.3, -0.25) is 4.68 Å². The Kier molecular flexibility index (Phi) is 4.42. The molecule has 1 N–H and O–H groups in total. The van der Waals surface area contributed by atoms with Gasteiger partial charge in [0.25, 0.3) is 0 Å². The average Bonchev–Trinajstić information content (AvgIpc) is 3.27. The van der Waals surface area contributed by atoms with Crippen LogP contribution in [0, 0.1) is 0 Å². The molecule has 0 aliphatic carbocycles. The van der Waals surface area contributed by atoms with Crippen LogP contribution in [0.2, 0.25) is 0 Å². The van der Waals surface area contributed by atoms with Crippen LogP contribution in [0.3, 0.4) is 0 Å². The summed E-state index contributed by atoms with van der Waals surface area (Å²) in [5, 5.41) is 14.6. The smallest absolute Gasteiger partial charge is 0.237 e. The number of rotatable bonds is 5. The van der Waals surface area contributed by atoms with E-state index >= 15 is 0 Å². The highest BCUT2D eigenvalue weighted by atomic mass is 16.6. The van der Waals surface area contributed by atoms with Gasteiger partial charge in [0.15, 0.2) is 0 Å². The fourth-order valence-corrected chi connectivity index (χ4v) is 3.89. The molecule has 7 heteroatoms. The Morgan fingerprint density at radius 1 is 1.38 bits per heavy atom. The Bertz CT molecular complexity index is 902. The minimum atomic E-state index is -0.940. The lowest BCUT2D eigenvalue weighted by Crippen LogP contribution is -2.45. The van der Waals surface area contributed by atoms with Crippen LogP contribution >= 0.6 is 0 Å². The molecule has 1 aliphatic heterocycles. The molecule has 0 amide bonds. The number of anilines is 1. The zero-order valence-electron chi connectivity index (χ0n) is 15.5. The first-order chi connectivity index (χ1) is 12.6. The quantitative estimate of drug-likeness (QED) is 0.710. The second kappa shape index (κ2) is 6.74. The molecule has 0 bridgehead atoms. The number of aliphatic hydroxyl groups is 1. The van der Waals surface area contributed by atoms with E-state index in [0.29, 0.717) is 0 Å². The van der Waals surface area contributed by atoms with Crippen molar-refractivity contribution in [2.75, 3.05) is 12.0 Å². The maximum Gasteiger partial charge on any atom is 0.237 e. The van der Waals surface area contributed by atoms with Gasteiger partial charge in [-0.25, -0.2) is 4.98 Å². The first-order valence-electron chi connectivity index (χ1n) is 9.04. The third-order valence-electron chi connectivity index (χ3n) is 5.36. The van der Waals surface area contributed by atoms with Gasteiger partial charge in [0.05, 0.1) is 11.0 Å². The molecule has 7 nitrogen and oxygen atoms in total. The van der Waals surface area contributed by atoms with Gasteiger partial charge in [-0.15, -0.1) is 0 Å². The summed E-state index contributed by atoms with van der Waals surface area (Å²) >= 11 is 0. The van der Waals surface area contributed by atoms with Crippen molar-refractivity contribution in [3.05, 3.63) is 42.0 Å². The van der Waals surface area contributed by atoms with Crippen LogP contribution in [0.15, 0.2) is 30.6 Å². The number of hydrogen-bond acceptors (Lipinski definition) is 5. The maximum absolute atomic E-state index is 10.3. The molecule has 0 fully saturated rings. The Morgan fingerprint density at radius 2 is 2.23 bits per heavy atom. The highest BCUT2D eigenvalue weighted by Gasteiger charge is 2.30. The second-order valence-electron chi connectivity index (χ2n) is 6.89. The van der Waals surface area contributed by atoms with E-state index in [-0.39, 0.29) is 6.04 Å². The van der Waals surface area contributed by atoms with Crippen LogP contribution in [0.1, 0.15) is 24.7 Å². The number of fused-ring (bicyclic) bond motifs is 3. The minimum absolute atomic E-state index is 0.220. The molecule has 1 aromatic carbocycles. The zero-order chi connectivity index (χ0) is 18.3. The van der Waals surface area contributed by atoms with E-state index < -0.39 is 6.41 Å². The van der Waals surface area contributed by atoms with Gasteiger partial charge in [-0.05, 0) is 38.0 Å². The lowest BCUT2D eigenvalue weighted by molar-refractivity contribution is -0.0794. The normalized spacial score (nSPS) is 18.3. The molecule has 0 saturated heterocycles. The molecule has 1 unspecified atom stereocenters. The van der Waals surface area contributed by atoms with Crippen molar-refractivity contribution >= 4 is 16.7 Å². The summed E-state index contributed by atoms with van der Waals surface area (Å²) in [6, 6.07) is 6.32. The Morgan fingerprint density at radius 3 is 2.96 bits per heavy atom. The molecule has 4 rings (SSSR count). The number of methoxy groups -OCH3 is 1. The summed E-state index contributed by atoms with van der Waals surface area (Å²) in [5.41, 5.74) is 4.36. The van der Waals surface area contributed by atoms with E-state index in [0.717, 1.165) is 48.4 Å². The fourth-order valence-electron chi connectivity index (χ4n) is 3.89. The summed E-state index contributed by atoms with van der Waals surface area (Å²) in [6.45, 7) is 2.92. The molecule has 0 radical (unpaired) electrons. The second-order valence-corrected chi connectivity index (χ2v) is 6.89. The van der Waals surface area contributed by atoms with Crippen molar-refractivity contribution < 1.29 is 9.84 Å². The molecule has 138 valence electrons. The van der Waals surface area contributed by atoms with E-state index in [2.05, 4.69) is 35.8 Å². The van der Waals surface area contributed by atoms with Gasteiger partial charge in [0.2, 0.25) is 6.41 Å². The summed E-state index contributed by atoms with van der Waals surface area (Å²) in [5.74, 6) is 1.04. The molecular weight excluding hydrogens is 330 g/mol. The summed E-state index contributed by atoms with van der Waals surface area (Å²) in [6.07, 6.45) is 5.56. The SMILES string of the molecule is COC(O)N1c2ccc3c(nc(CCn4cccn4)n3C)c2CC[C@@H]1C. The molecule has 2 aromatic heterocycles. The van der Waals surface area contributed by atoms with Crippen LogP contribution < -0.4 is 4.90 Å². The van der Waals surface area contributed by atoms with Gasteiger partial charge in [-0.2, -0.15) is 5.10 Å². The number of aryl methyl sites for hydroxylation is 4. The van der Waals surface area contributed by atoms with Crippen molar-refractivity contribution in [2.24, 2.45) is 7.05 Å². The Hall–Kier alpha value is -2.38. The van der Waals surface area contributed by atoms with Crippen LogP contribution in [0.4, 0.5) is 5.69 Å². The van der Waals surface area contributed by atoms with Crippen molar-refractivity contribution in [2.45, 2.75) is 45.2 Å². The van der Waals surface area contributed by atoms with E-state index in [9.17, 15) is 5.11 Å². The summed E-state index contributed by atoms with van der Waals surface area (Å²) < 4.78 is 9.27. The number of nitrogens with zero attached hydrogens (tertiary/aromatic N) is 5. The first-order valence-corrected chi connectivity index (χ1v) is 9.04. The molecule has 26 heavy (non-hydrogen) atoms. The monoisotopic (exact) mass is 355 g/mol. The van der Waals surface area contributed by atoms with E-state index in [4.69, 9.17) is 9.72 Å².